The molecule has 108 valence electrons. The third-order valence-electron chi connectivity index (χ3n) is 3.00. The summed E-state index contributed by atoms with van der Waals surface area (Å²) in [5, 5.41) is 21.4. The maximum Gasteiger partial charge on any atom is 0.326 e. The van der Waals surface area contributed by atoms with Crippen molar-refractivity contribution in [2.75, 3.05) is 11.9 Å². The minimum Gasteiger partial charge on any atom is -0.480 e. The standard InChI is InChI=1S/C12H12BrClN2O4/c13-6-1-2-9(8(14)3-6)15-12(20)16-5-7(17)4-10(16)11(18)19/h1-3,7,10,17H,4-5H2,(H,15,20)(H,18,19)/t7-,10-/m0/s1. The number of urea groups is 1. The highest BCUT2D eigenvalue weighted by Gasteiger charge is 2.39. The molecule has 1 heterocycles. The van der Waals surface area contributed by atoms with Crippen molar-refractivity contribution in [1.29, 1.82) is 0 Å². The van der Waals surface area contributed by atoms with Crippen LogP contribution < -0.4 is 5.32 Å². The number of nitrogens with one attached hydrogen (secondary N) is 1. The maximum absolute atomic E-state index is 12.1. The molecule has 0 bridgehead atoms. The third kappa shape index (κ3) is 3.23. The van der Waals surface area contributed by atoms with E-state index < -0.39 is 24.1 Å². The zero-order valence-corrected chi connectivity index (χ0v) is 12.6. The monoisotopic (exact) mass is 362 g/mol. The second-order valence-electron chi connectivity index (χ2n) is 4.45. The van der Waals surface area contributed by atoms with E-state index in [0.29, 0.717) is 10.7 Å². The lowest BCUT2D eigenvalue weighted by Gasteiger charge is -2.21. The largest absolute Gasteiger partial charge is 0.480 e. The molecule has 0 saturated carbocycles. The average molecular weight is 364 g/mol. The first-order valence-corrected chi connectivity index (χ1v) is 6.99. The molecule has 0 spiro atoms. The number of β-amino-alcohol motifs (C(OH)–C–C–N with tert-alkyl or cyclic N) is 1. The van der Waals surface area contributed by atoms with Crippen molar-refractivity contribution in [2.24, 2.45) is 0 Å². The predicted molar refractivity (Wildman–Crippen MR) is 76.9 cm³/mol. The number of carbonyl (C=O) groups is 2. The summed E-state index contributed by atoms with van der Waals surface area (Å²) in [5.41, 5.74) is 0.380. The predicted octanol–water partition coefficient (Wildman–Crippen LogP) is 2.15. The number of halogens is 2. The molecule has 3 N–H and O–H groups in total. The Labute approximate surface area is 128 Å². The van der Waals surface area contributed by atoms with E-state index in [1.54, 1.807) is 18.2 Å². The highest BCUT2D eigenvalue weighted by atomic mass is 79.9. The molecular formula is C12H12BrClN2O4. The number of aliphatic hydroxyl groups is 1. The smallest absolute Gasteiger partial charge is 0.326 e. The normalized spacial score (nSPS) is 21.9. The van der Waals surface area contributed by atoms with Gasteiger partial charge in [0, 0.05) is 17.4 Å². The molecule has 1 aliphatic heterocycles. The molecule has 6 nitrogen and oxygen atoms in total. The fourth-order valence-corrected chi connectivity index (χ4v) is 2.77. The highest BCUT2D eigenvalue weighted by Crippen LogP contribution is 2.27. The van der Waals surface area contributed by atoms with E-state index >= 15 is 0 Å². The Hall–Kier alpha value is -1.31. The fourth-order valence-electron chi connectivity index (χ4n) is 2.05. The molecule has 2 amide bonds. The SMILES string of the molecule is O=C(O)[C@@H]1C[C@H](O)CN1C(=O)Nc1ccc(Br)cc1Cl. The number of aliphatic hydroxyl groups excluding tert-OH is 1. The van der Waals surface area contributed by atoms with E-state index in [-0.39, 0.29) is 13.0 Å². The van der Waals surface area contributed by atoms with Gasteiger partial charge in [-0.1, -0.05) is 27.5 Å². The van der Waals surface area contributed by atoms with Gasteiger partial charge in [-0.2, -0.15) is 0 Å². The first kappa shape index (κ1) is 15.1. The van der Waals surface area contributed by atoms with Crippen molar-refractivity contribution < 1.29 is 19.8 Å². The van der Waals surface area contributed by atoms with Crippen LogP contribution in [0.4, 0.5) is 10.5 Å². The summed E-state index contributed by atoms with van der Waals surface area (Å²) in [5.74, 6) is -1.14. The summed E-state index contributed by atoms with van der Waals surface area (Å²) >= 11 is 9.23. The van der Waals surface area contributed by atoms with Crippen molar-refractivity contribution in [3.8, 4) is 0 Å². The van der Waals surface area contributed by atoms with Crippen LogP contribution in [0.3, 0.4) is 0 Å². The zero-order chi connectivity index (χ0) is 14.9. The lowest BCUT2D eigenvalue weighted by Crippen LogP contribution is -2.43. The molecular weight excluding hydrogens is 351 g/mol. The first-order valence-electron chi connectivity index (χ1n) is 5.82. The van der Waals surface area contributed by atoms with Gasteiger partial charge in [0.1, 0.15) is 6.04 Å². The van der Waals surface area contributed by atoms with Gasteiger partial charge in [0.2, 0.25) is 0 Å². The summed E-state index contributed by atoms with van der Waals surface area (Å²) in [6, 6.07) is 3.30. The molecule has 0 unspecified atom stereocenters. The van der Waals surface area contributed by atoms with Crippen molar-refractivity contribution in [3.63, 3.8) is 0 Å². The van der Waals surface area contributed by atoms with Crippen molar-refractivity contribution in [2.45, 2.75) is 18.6 Å². The molecule has 1 aromatic rings. The van der Waals surface area contributed by atoms with Crippen LogP contribution in [0.2, 0.25) is 5.02 Å². The number of carboxylic acid groups (broad SMARTS) is 1. The summed E-state index contributed by atoms with van der Waals surface area (Å²) in [4.78, 5) is 24.2. The maximum atomic E-state index is 12.1. The number of hydrogen-bond donors (Lipinski definition) is 3. The Morgan fingerprint density at radius 1 is 1.45 bits per heavy atom. The van der Waals surface area contributed by atoms with Crippen LogP contribution in [0, 0.1) is 0 Å². The fraction of sp³-hybridized carbons (Fsp3) is 0.333. The number of benzene rings is 1. The topological polar surface area (TPSA) is 89.9 Å². The third-order valence-corrected chi connectivity index (χ3v) is 3.80. The van der Waals surface area contributed by atoms with Crippen LogP contribution in [0.15, 0.2) is 22.7 Å². The van der Waals surface area contributed by atoms with Gasteiger partial charge in [0.05, 0.1) is 16.8 Å². The number of carboxylic acids is 1. The molecule has 2 atom stereocenters. The van der Waals surface area contributed by atoms with Gasteiger partial charge in [-0.05, 0) is 18.2 Å². The molecule has 1 fully saturated rings. The number of hydrogen-bond acceptors (Lipinski definition) is 3. The number of aliphatic carboxylic acids is 1. The molecule has 20 heavy (non-hydrogen) atoms. The Morgan fingerprint density at radius 3 is 2.75 bits per heavy atom. The number of carbonyl (C=O) groups excluding carboxylic acids is 1. The van der Waals surface area contributed by atoms with Crippen LogP contribution in [0.5, 0.6) is 0 Å². The van der Waals surface area contributed by atoms with E-state index in [9.17, 15) is 14.7 Å². The number of anilines is 1. The van der Waals surface area contributed by atoms with Crippen LogP contribution in [0.25, 0.3) is 0 Å². The molecule has 0 aliphatic carbocycles. The van der Waals surface area contributed by atoms with Gasteiger partial charge in [-0.25, -0.2) is 9.59 Å². The van der Waals surface area contributed by atoms with Crippen molar-refractivity contribution in [1.82, 2.24) is 4.90 Å². The number of likely N-dealkylation sites (tertiary alicyclic amines) is 1. The van der Waals surface area contributed by atoms with Gasteiger partial charge < -0.3 is 20.4 Å². The molecule has 0 aromatic heterocycles. The number of amides is 2. The van der Waals surface area contributed by atoms with Gasteiger partial charge in [-0.15, -0.1) is 0 Å². The molecule has 2 rings (SSSR count). The van der Waals surface area contributed by atoms with E-state index in [1.807, 2.05) is 0 Å². The van der Waals surface area contributed by atoms with Crippen LogP contribution >= 0.6 is 27.5 Å². The quantitative estimate of drug-likeness (QED) is 0.751. The second kappa shape index (κ2) is 5.99. The van der Waals surface area contributed by atoms with E-state index in [1.165, 1.54) is 0 Å². The van der Waals surface area contributed by atoms with Crippen LogP contribution in [0.1, 0.15) is 6.42 Å². The lowest BCUT2D eigenvalue weighted by molar-refractivity contribution is -0.141. The molecule has 8 heteroatoms. The van der Waals surface area contributed by atoms with Crippen LogP contribution in [-0.4, -0.2) is 45.8 Å². The van der Waals surface area contributed by atoms with Crippen LogP contribution in [-0.2, 0) is 4.79 Å². The van der Waals surface area contributed by atoms with E-state index in [4.69, 9.17) is 16.7 Å². The van der Waals surface area contributed by atoms with Crippen molar-refractivity contribution >= 4 is 45.2 Å². The highest BCUT2D eigenvalue weighted by molar-refractivity contribution is 9.10. The Balaban J connectivity index is 2.13. The number of nitrogens with zero attached hydrogens (tertiary/aromatic N) is 1. The summed E-state index contributed by atoms with van der Waals surface area (Å²) in [7, 11) is 0. The summed E-state index contributed by atoms with van der Waals surface area (Å²) in [6.07, 6.45) is -0.807. The summed E-state index contributed by atoms with van der Waals surface area (Å²) < 4.78 is 0.764. The molecule has 0 radical (unpaired) electrons. The molecule has 1 aromatic carbocycles. The molecule has 1 saturated heterocycles. The second-order valence-corrected chi connectivity index (χ2v) is 5.77. The van der Waals surface area contributed by atoms with Gasteiger partial charge in [0.15, 0.2) is 0 Å². The first-order chi connectivity index (χ1) is 9.38. The van der Waals surface area contributed by atoms with Crippen molar-refractivity contribution in [3.05, 3.63) is 27.7 Å². The van der Waals surface area contributed by atoms with E-state index in [0.717, 1.165) is 9.37 Å². The minimum atomic E-state index is -1.14. The number of rotatable bonds is 2. The average Bonchev–Trinajstić information content (AvgIpc) is 2.75. The Bertz CT molecular complexity index is 554. The Kier molecular flexibility index (Phi) is 4.52. The van der Waals surface area contributed by atoms with Gasteiger partial charge in [0.25, 0.3) is 0 Å². The van der Waals surface area contributed by atoms with Gasteiger partial charge >= 0.3 is 12.0 Å². The Morgan fingerprint density at radius 2 is 2.15 bits per heavy atom. The summed E-state index contributed by atoms with van der Waals surface area (Å²) in [6.45, 7) is -0.0169. The molecule has 1 aliphatic rings. The minimum absolute atomic E-state index is 0.0169. The van der Waals surface area contributed by atoms with E-state index in [2.05, 4.69) is 21.2 Å². The lowest BCUT2D eigenvalue weighted by atomic mass is 10.2. The zero-order valence-electron chi connectivity index (χ0n) is 10.2. The van der Waals surface area contributed by atoms with Gasteiger partial charge in [-0.3, -0.25) is 0 Å².